The molecule has 0 radical (unpaired) electrons. The van der Waals surface area contributed by atoms with Crippen molar-refractivity contribution in [1.29, 1.82) is 0 Å². The SMILES string of the molecule is Cc1cc(N2CCCCC2)nc(N2CCN(S(=O)(=O)c3cc4c5c(c3)CCN5C(=O)CC4)CC2)n1. The van der Waals surface area contributed by atoms with Crippen molar-refractivity contribution in [1.82, 2.24) is 14.3 Å². The molecule has 0 bridgehead atoms. The van der Waals surface area contributed by atoms with E-state index >= 15 is 0 Å². The van der Waals surface area contributed by atoms with Crippen LogP contribution in [0.3, 0.4) is 0 Å². The van der Waals surface area contributed by atoms with Gasteiger partial charge in [-0.3, -0.25) is 4.79 Å². The number of hydrogen-bond acceptors (Lipinski definition) is 7. The van der Waals surface area contributed by atoms with E-state index in [1.807, 2.05) is 17.9 Å². The summed E-state index contributed by atoms with van der Waals surface area (Å²) >= 11 is 0. The Morgan fingerprint density at radius 1 is 0.771 bits per heavy atom. The molecule has 4 aliphatic rings. The summed E-state index contributed by atoms with van der Waals surface area (Å²) in [5, 5.41) is 0. The summed E-state index contributed by atoms with van der Waals surface area (Å²) in [4.78, 5) is 28.3. The maximum Gasteiger partial charge on any atom is 0.243 e. The molecule has 0 N–H and O–H groups in total. The fraction of sp³-hybridized carbons (Fsp3) is 0.560. The van der Waals surface area contributed by atoms with E-state index in [9.17, 15) is 13.2 Å². The van der Waals surface area contributed by atoms with Crippen LogP contribution in [0.5, 0.6) is 0 Å². The Balaban J connectivity index is 1.19. The highest BCUT2D eigenvalue weighted by molar-refractivity contribution is 7.89. The second-order valence-electron chi connectivity index (χ2n) is 9.99. The maximum absolute atomic E-state index is 13.6. The molecule has 2 fully saturated rings. The van der Waals surface area contributed by atoms with Gasteiger partial charge in [0.05, 0.1) is 10.6 Å². The lowest BCUT2D eigenvalue weighted by Crippen LogP contribution is -2.49. The Labute approximate surface area is 206 Å². The summed E-state index contributed by atoms with van der Waals surface area (Å²) in [6.45, 7) is 6.61. The van der Waals surface area contributed by atoms with Gasteiger partial charge in [-0.25, -0.2) is 13.4 Å². The number of piperazine rings is 1. The maximum atomic E-state index is 13.6. The van der Waals surface area contributed by atoms with Gasteiger partial charge in [0, 0.05) is 64.0 Å². The van der Waals surface area contributed by atoms with Crippen LogP contribution in [0.15, 0.2) is 23.1 Å². The quantitative estimate of drug-likeness (QED) is 0.641. The van der Waals surface area contributed by atoms with Crippen LogP contribution < -0.4 is 14.7 Å². The first kappa shape index (κ1) is 22.7. The molecule has 0 unspecified atom stereocenters. The highest BCUT2D eigenvalue weighted by Gasteiger charge is 2.35. The number of nitrogens with zero attached hydrogens (tertiary/aromatic N) is 6. The largest absolute Gasteiger partial charge is 0.356 e. The number of rotatable bonds is 4. The third-order valence-corrected chi connectivity index (χ3v) is 9.57. The number of aromatic nitrogens is 2. The van der Waals surface area contributed by atoms with E-state index in [0.717, 1.165) is 47.8 Å². The summed E-state index contributed by atoms with van der Waals surface area (Å²) in [5.41, 5.74) is 3.85. The smallest absolute Gasteiger partial charge is 0.243 e. The molecule has 6 rings (SSSR count). The summed E-state index contributed by atoms with van der Waals surface area (Å²) in [6.07, 6.45) is 5.42. The molecule has 1 amide bonds. The molecule has 2 saturated heterocycles. The van der Waals surface area contributed by atoms with Gasteiger partial charge in [-0.2, -0.15) is 9.29 Å². The Morgan fingerprint density at radius 2 is 1.49 bits per heavy atom. The van der Waals surface area contributed by atoms with Gasteiger partial charge in [0.15, 0.2) is 0 Å². The van der Waals surface area contributed by atoms with Crippen LogP contribution in [0.4, 0.5) is 17.5 Å². The van der Waals surface area contributed by atoms with Crippen LogP contribution in [-0.4, -0.2) is 74.4 Å². The molecule has 2 aromatic rings. The van der Waals surface area contributed by atoms with Gasteiger partial charge in [-0.1, -0.05) is 0 Å². The first-order chi connectivity index (χ1) is 16.9. The topological polar surface area (TPSA) is 90.0 Å². The molecule has 1 aromatic carbocycles. The summed E-state index contributed by atoms with van der Waals surface area (Å²) in [7, 11) is -3.61. The van der Waals surface area contributed by atoms with Gasteiger partial charge in [0.1, 0.15) is 5.82 Å². The van der Waals surface area contributed by atoms with Gasteiger partial charge in [0.25, 0.3) is 0 Å². The van der Waals surface area contributed by atoms with Crippen molar-refractivity contribution in [2.75, 3.05) is 60.5 Å². The molecule has 1 aromatic heterocycles. The molecule has 0 aliphatic carbocycles. The van der Waals surface area contributed by atoms with Gasteiger partial charge in [-0.15, -0.1) is 0 Å². The Bertz CT molecular complexity index is 1270. The van der Waals surface area contributed by atoms with E-state index in [-0.39, 0.29) is 5.91 Å². The van der Waals surface area contributed by atoms with Crippen molar-refractivity contribution in [2.24, 2.45) is 0 Å². The number of amides is 1. The molecular weight excluding hydrogens is 464 g/mol. The molecule has 0 atom stereocenters. The third kappa shape index (κ3) is 4.06. The standard InChI is InChI=1S/C25H32N6O3S/c1-18-15-22(28-8-3-2-4-9-28)27-25(26-18)29-11-13-30(14-12-29)35(33,34)21-16-19-5-6-23(32)31-10-7-20(17-21)24(19)31/h15-17H,2-14H2,1H3. The van der Waals surface area contributed by atoms with Gasteiger partial charge in [-0.05, 0) is 62.3 Å². The first-order valence-corrected chi connectivity index (χ1v) is 14.2. The number of aryl methyl sites for hydroxylation is 2. The number of benzene rings is 1. The zero-order chi connectivity index (χ0) is 24.2. The van der Waals surface area contributed by atoms with Crippen LogP contribution in [0.1, 0.15) is 42.5 Å². The molecule has 5 heterocycles. The number of hydrogen-bond donors (Lipinski definition) is 0. The second-order valence-corrected chi connectivity index (χ2v) is 11.9. The van der Waals surface area contributed by atoms with Crippen LogP contribution in [0.2, 0.25) is 0 Å². The fourth-order valence-electron chi connectivity index (χ4n) is 5.82. The van der Waals surface area contributed by atoms with Crippen LogP contribution >= 0.6 is 0 Å². The monoisotopic (exact) mass is 496 g/mol. The molecule has 4 aliphatic heterocycles. The average Bonchev–Trinajstić information content (AvgIpc) is 3.32. The zero-order valence-electron chi connectivity index (χ0n) is 20.2. The minimum Gasteiger partial charge on any atom is -0.356 e. The predicted molar refractivity (Wildman–Crippen MR) is 135 cm³/mol. The molecule has 10 heteroatoms. The molecular formula is C25H32N6O3S. The van der Waals surface area contributed by atoms with Crippen molar-refractivity contribution >= 4 is 33.4 Å². The van der Waals surface area contributed by atoms with E-state index in [0.29, 0.717) is 56.4 Å². The highest BCUT2D eigenvalue weighted by Crippen LogP contribution is 2.39. The van der Waals surface area contributed by atoms with Gasteiger partial charge < -0.3 is 14.7 Å². The van der Waals surface area contributed by atoms with Crippen molar-refractivity contribution < 1.29 is 13.2 Å². The van der Waals surface area contributed by atoms with E-state index in [4.69, 9.17) is 4.98 Å². The molecule has 186 valence electrons. The lowest BCUT2D eigenvalue weighted by Gasteiger charge is -2.35. The second kappa shape index (κ2) is 8.74. The first-order valence-electron chi connectivity index (χ1n) is 12.7. The predicted octanol–water partition coefficient (Wildman–Crippen LogP) is 2.12. The summed E-state index contributed by atoms with van der Waals surface area (Å²) in [5.74, 6) is 1.81. The molecule has 9 nitrogen and oxygen atoms in total. The minimum atomic E-state index is -3.61. The van der Waals surface area contributed by atoms with Crippen molar-refractivity contribution in [2.45, 2.75) is 50.3 Å². The van der Waals surface area contributed by atoms with Crippen molar-refractivity contribution in [3.8, 4) is 0 Å². The van der Waals surface area contributed by atoms with Crippen LogP contribution in [0, 0.1) is 6.92 Å². The Hall–Kier alpha value is -2.72. The zero-order valence-corrected chi connectivity index (χ0v) is 21.1. The third-order valence-electron chi connectivity index (χ3n) is 7.69. The van der Waals surface area contributed by atoms with Crippen molar-refractivity contribution in [3.05, 3.63) is 35.0 Å². The average molecular weight is 497 g/mol. The Kier molecular flexibility index (Phi) is 5.68. The van der Waals surface area contributed by atoms with E-state index in [2.05, 4.69) is 14.8 Å². The number of carbonyl (C=O) groups excluding carboxylic acids is 1. The van der Waals surface area contributed by atoms with Crippen molar-refractivity contribution in [3.63, 3.8) is 0 Å². The lowest BCUT2D eigenvalue weighted by atomic mass is 10.00. The summed E-state index contributed by atoms with van der Waals surface area (Å²) < 4.78 is 28.7. The summed E-state index contributed by atoms with van der Waals surface area (Å²) in [6, 6.07) is 5.62. The van der Waals surface area contributed by atoms with E-state index in [1.54, 1.807) is 16.4 Å². The number of piperidine rings is 1. The highest BCUT2D eigenvalue weighted by atomic mass is 32.2. The van der Waals surface area contributed by atoms with Gasteiger partial charge in [0.2, 0.25) is 21.9 Å². The van der Waals surface area contributed by atoms with Crippen LogP contribution in [0.25, 0.3) is 0 Å². The number of carbonyl (C=O) groups is 1. The molecule has 0 saturated carbocycles. The molecule has 0 spiro atoms. The normalized spacial score (nSPS) is 20.9. The van der Waals surface area contributed by atoms with Gasteiger partial charge >= 0.3 is 0 Å². The molecule has 35 heavy (non-hydrogen) atoms. The number of sulfonamides is 1. The van der Waals surface area contributed by atoms with E-state index < -0.39 is 10.0 Å². The van der Waals surface area contributed by atoms with Crippen LogP contribution in [-0.2, 0) is 27.7 Å². The van der Waals surface area contributed by atoms with E-state index in [1.165, 1.54) is 19.3 Å². The fourth-order valence-corrected chi connectivity index (χ4v) is 7.34. The Morgan fingerprint density at radius 3 is 2.23 bits per heavy atom. The number of anilines is 3. The lowest BCUT2D eigenvalue weighted by molar-refractivity contribution is -0.118. The minimum absolute atomic E-state index is 0.143.